The van der Waals surface area contributed by atoms with Crippen molar-refractivity contribution in [3.8, 4) is 0 Å². The SMILES string of the molecule is O=S1(=O)CCCC1CNc1nc2cc(Cl)ccc2s1. The summed E-state index contributed by atoms with van der Waals surface area (Å²) in [5.41, 5.74) is 0.842. The van der Waals surface area contributed by atoms with Crippen LogP contribution in [0.5, 0.6) is 0 Å². The van der Waals surface area contributed by atoms with Crippen molar-refractivity contribution in [3.63, 3.8) is 0 Å². The molecule has 1 aliphatic rings. The molecule has 1 unspecified atom stereocenters. The van der Waals surface area contributed by atoms with Crippen molar-refractivity contribution < 1.29 is 8.42 Å². The van der Waals surface area contributed by atoms with Crippen LogP contribution in [0.15, 0.2) is 18.2 Å². The quantitative estimate of drug-likeness (QED) is 0.946. The number of hydrogen-bond donors (Lipinski definition) is 1. The van der Waals surface area contributed by atoms with Gasteiger partial charge in [0.1, 0.15) is 0 Å². The predicted molar refractivity (Wildman–Crippen MR) is 79.9 cm³/mol. The molecule has 1 N–H and O–H groups in total. The zero-order chi connectivity index (χ0) is 13.5. The number of thiazole rings is 1. The molecule has 1 aromatic carbocycles. The Hall–Kier alpha value is -0.850. The highest BCUT2D eigenvalue weighted by atomic mass is 35.5. The lowest BCUT2D eigenvalue weighted by Gasteiger charge is -2.09. The molecule has 1 aromatic heterocycles. The first-order valence-electron chi connectivity index (χ1n) is 6.06. The average Bonchev–Trinajstić information content (AvgIpc) is 2.88. The Bertz CT molecular complexity index is 712. The standard InChI is InChI=1S/C12H13ClN2O2S2/c13-8-3-4-11-10(6-8)15-12(18-11)14-7-9-2-1-5-19(9,16)17/h3-4,6,9H,1-2,5,7H2,(H,14,15). The van der Waals surface area contributed by atoms with Crippen molar-refractivity contribution in [2.75, 3.05) is 17.6 Å². The predicted octanol–water partition coefficient (Wildman–Crippen LogP) is 2.94. The van der Waals surface area contributed by atoms with Crippen molar-refractivity contribution in [3.05, 3.63) is 23.2 Å². The first kappa shape index (κ1) is 13.1. The molecule has 2 aromatic rings. The van der Waals surface area contributed by atoms with E-state index in [2.05, 4.69) is 10.3 Å². The molecule has 1 aliphatic heterocycles. The molecule has 3 rings (SSSR count). The summed E-state index contributed by atoms with van der Waals surface area (Å²) in [5, 5.41) is 4.27. The van der Waals surface area contributed by atoms with Gasteiger partial charge in [0.15, 0.2) is 15.0 Å². The maximum atomic E-state index is 11.7. The summed E-state index contributed by atoms with van der Waals surface area (Å²) in [7, 11) is -2.90. The Morgan fingerprint density at radius 2 is 2.32 bits per heavy atom. The molecule has 7 heteroatoms. The molecule has 1 saturated heterocycles. The van der Waals surface area contributed by atoms with Gasteiger partial charge in [0.2, 0.25) is 0 Å². The molecule has 0 radical (unpaired) electrons. The molecule has 19 heavy (non-hydrogen) atoms. The summed E-state index contributed by atoms with van der Waals surface area (Å²) >= 11 is 7.42. The molecule has 4 nitrogen and oxygen atoms in total. The van der Waals surface area contributed by atoms with Gasteiger partial charge in [0.05, 0.1) is 21.2 Å². The van der Waals surface area contributed by atoms with Crippen molar-refractivity contribution in [2.45, 2.75) is 18.1 Å². The van der Waals surface area contributed by atoms with Crippen molar-refractivity contribution in [1.29, 1.82) is 0 Å². The van der Waals surface area contributed by atoms with E-state index in [4.69, 9.17) is 11.6 Å². The lowest BCUT2D eigenvalue weighted by atomic mass is 10.2. The fourth-order valence-corrected chi connectivity index (χ4v) is 5.05. The smallest absolute Gasteiger partial charge is 0.183 e. The first-order valence-corrected chi connectivity index (χ1v) is 8.97. The van der Waals surface area contributed by atoms with Crippen LogP contribution in [-0.2, 0) is 9.84 Å². The van der Waals surface area contributed by atoms with E-state index in [9.17, 15) is 8.42 Å². The third kappa shape index (κ3) is 2.70. The van der Waals surface area contributed by atoms with Crippen LogP contribution in [0.2, 0.25) is 5.02 Å². The van der Waals surface area contributed by atoms with Gasteiger partial charge in [0.25, 0.3) is 0 Å². The topological polar surface area (TPSA) is 59.1 Å². The molecular weight excluding hydrogens is 304 g/mol. The lowest BCUT2D eigenvalue weighted by molar-refractivity contribution is 0.591. The Labute approximate surface area is 120 Å². The zero-order valence-electron chi connectivity index (χ0n) is 10.1. The third-order valence-electron chi connectivity index (χ3n) is 3.29. The summed E-state index contributed by atoms with van der Waals surface area (Å²) in [5.74, 6) is 0.314. The Morgan fingerprint density at radius 3 is 3.05 bits per heavy atom. The minimum Gasteiger partial charge on any atom is -0.360 e. The molecule has 0 amide bonds. The summed E-state index contributed by atoms with van der Waals surface area (Å²) < 4.78 is 24.5. The minimum atomic E-state index is -2.90. The Morgan fingerprint density at radius 1 is 1.47 bits per heavy atom. The van der Waals surface area contributed by atoms with Crippen molar-refractivity contribution in [2.24, 2.45) is 0 Å². The Kier molecular flexibility index (Phi) is 3.41. The van der Waals surface area contributed by atoms with Crippen LogP contribution in [0.1, 0.15) is 12.8 Å². The molecule has 2 heterocycles. The molecule has 0 aliphatic carbocycles. The van der Waals surface area contributed by atoms with Crippen LogP contribution >= 0.6 is 22.9 Å². The van der Waals surface area contributed by atoms with Gasteiger partial charge in [-0.1, -0.05) is 22.9 Å². The van der Waals surface area contributed by atoms with Crippen LogP contribution < -0.4 is 5.32 Å². The molecule has 1 atom stereocenters. The Balaban J connectivity index is 1.75. The summed E-state index contributed by atoms with van der Waals surface area (Å²) in [6.45, 7) is 0.440. The van der Waals surface area contributed by atoms with E-state index in [1.54, 1.807) is 0 Å². The second-order valence-corrected chi connectivity index (χ2v) is 8.51. The van der Waals surface area contributed by atoms with Crippen LogP contribution in [0.4, 0.5) is 5.13 Å². The van der Waals surface area contributed by atoms with Gasteiger partial charge in [-0.05, 0) is 31.0 Å². The van der Waals surface area contributed by atoms with Gasteiger partial charge < -0.3 is 5.32 Å². The number of nitrogens with zero attached hydrogens (tertiary/aromatic N) is 1. The van der Waals surface area contributed by atoms with Crippen LogP contribution in [0.3, 0.4) is 0 Å². The maximum absolute atomic E-state index is 11.7. The van der Waals surface area contributed by atoms with E-state index in [1.807, 2.05) is 18.2 Å². The van der Waals surface area contributed by atoms with E-state index < -0.39 is 9.84 Å². The lowest BCUT2D eigenvalue weighted by Crippen LogP contribution is -2.24. The van der Waals surface area contributed by atoms with Crippen molar-refractivity contribution >= 4 is 48.1 Å². The molecular formula is C12H13ClN2O2S2. The normalized spacial score (nSPS) is 21.8. The maximum Gasteiger partial charge on any atom is 0.183 e. The van der Waals surface area contributed by atoms with Crippen LogP contribution in [0.25, 0.3) is 10.2 Å². The average molecular weight is 317 g/mol. The minimum absolute atomic E-state index is 0.275. The monoisotopic (exact) mass is 316 g/mol. The number of fused-ring (bicyclic) bond motifs is 1. The van der Waals surface area contributed by atoms with E-state index in [1.165, 1.54) is 11.3 Å². The van der Waals surface area contributed by atoms with E-state index in [-0.39, 0.29) is 5.25 Å². The number of halogens is 1. The number of nitrogens with one attached hydrogen (secondary N) is 1. The second kappa shape index (κ2) is 4.92. The van der Waals surface area contributed by atoms with Crippen LogP contribution in [0, 0.1) is 0 Å². The van der Waals surface area contributed by atoms with Gasteiger partial charge in [-0.15, -0.1) is 0 Å². The van der Waals surface area contributed by atoms with Gasteiger partial charge in [-0.2, -0.15) is 0 Å². The first-order chi connectivity index (χ1) is 9.04. The zero-order valence-corrected chi connectivity index (χ0v) is 12.5. The van der Waals surface area contributed by atoms with E-state index >= 15 is 0 Å². The highest BCUT2D eigenvalue weighted by Gasteiger charge is 2.30. The van der Waals surface area contributed by atoms with Gasteiger partial charge in [-0.25, -0.2) is 13.4 Å². The van der Waals surface area contributed by atoms with E-state index in [0.29, 0.717) is 17.3 Å². The molecule has 102 valence electrons. The molecule has 1 fully saturated rings. The molecule has 0 spiro atoms. The van der Waals surface area contributed by atoms with Crippen LogP contribution in [-0.4, -0.2) is 30.9 Å². The number of aromatic nitrogens is 1. The largest absolute Gasteiger partial charge is 0.360 e. The van der Waals surface area contributed by atoms with Gasteiger partial charge >= 0.3 is 0 Å². The highest BCUT2D eigenvalue weighted by molar-refractivity contribution is 7.92. The second-order valence-electron chi connectivity index (χ2n) is 4.64. The van der Waals surface area contributed by atoms with Gasteiger partial charge in [0, 0.05) is 11.6 Å². The number of anilines is 1. The number of benzene rings is 1. The van der Waals surface area contributed by atoms with E-state index in [0.717, 1.165) is 28.2 Å². The summed E-state index contributed by atoms with van der Waals surface area (Å²) in [6.07, 6.45) is 1.51. The number of rotatable bonds is 3. The number of hydrogen-bond acceptors (Lipinski definition) is 5. The molecule has 0 bridgehead atoms. The fraction of sp³-hybridized carbons (Fsp3) is 0.417. The third-order valence-corrected chi connectivity index (χ3v) is 6.80. The summed E-state index contributed by atoms with van der Waals surface area (Å²) in [6, 6.07) is 5.56. The fourth-order valence-electron chi connectivity index (χ4n) is 2.26. The van der Waals surface area contributed by atoms with Gasteiger partial charge in [-0.3, -0.25) is 0 Å². The highest BCUT2D eigenvalue weighted by Crippen LogP contribution is 2.28. The number of sulfone groups is 1. The molecule has 0 saturated carbocycles. The summed E-state index contributed by atoms with van der Waals surface area (Å²) in [4.78, 5) is 4.41. The van der Waals surface area contributed by atoms with Crippen molar-refractivity contribution in [1.82, 2.24) is 4.98 Å².